The zero-order valence-corrected chi connectivity index (χ0v) is 12.0. The van der Waals surface area contributed by atoms with Gasteiger partial charge in [0.25, 0.3) is 5.91 Å². The highest BCUT2D eigenvalue weighted by molar-refractivity contribution is 5.93. The molecule has 0 aromatic carbocycles. The standard InChI is InChI=1S/C14H17N5O3/c20-14(11-2-1-5-15-8-11)19(13-3-6-21-7-4-13)22-10-12-9-16-18-17-12/h1-2,5,8-9,13H,3-4,6-7,10H2,(H,16,17,18). The minimum Gasteiger partial charge on any atom is -0.381 e. The lowest BCUT2D eigenvalue weighted by molar-refractivity contribution is -0.173. The molecule has 0 aliphatic carbocycles. The first-order valence-corrected chi connectivity index (χ1v) is 7.14. The third-order valence-electron chi connectivity index (χ3n) is 3.45. The van der Waals surface area contributed by atoms with Gasteiger partial charge in [-0.15, -0.1) is 5.10 Å². The van der Waals surface area contributed by atoms with Crippen LogP contribution in [0.4, 0.5) is 0 Å². The van der Waals surface area contributed by atoms with Crippen molar-refractivity contribution >= 4 is 5.91 Å². The first-order chi connectivity index (χ1) is 10.8. The molecule has 1 fully saturated rings. The van der Waals surface area contributed by atoms with Crippen LogP contribution in [-0.4, -0.2) is 50.6 Å². The molecule has 1 aliphatic rings. The lowest BCUT2D eigenvalue weighted by atomic mass is 10.1. The maximum absolute atomic E-state index is 12.7. The van der Waals surface area contributed by atoms with Crippen molar-refractivity contribution < 1.29 is 14.4 Å². The van der Waals surface area contributed by atoms with E-state index >= 15 is 0 Å². The molecule has 22 heavy (non-hydrogen) atoms. The van der Waals surface area contributed by atoms with Gasteiger partial charge in [0.15, 0.2) is 0 Å². The van der Waals surface area contributed by atoms with Crippen molar-refractivity contribution in [2.24, 2.45) is 0 Å². The third-order valence-corrected chi connectivity index (χ3v) is 3.45. The van der Waals surface area contributed by atoms with Gasteiger partial charge >= 0.3 is 0 Å². The number of aromatic amines is 1. The molecule has 116 valence electrons. The van der Waals surface area contributed by atoms with E-state index < -0.39 is 0 Å². The summed E-state index contributed by atoms with van der Waals surface area (Å²) in [6, 6.07) is 3.43. The number of carbonyl (C=O) groups is 1. The quantitative estimate of drug-likeness (QED) is 0.827. The summed E-state index contributed by atoms with van der Waals surface area (Å²) in [5.41, 5.74) is 1.13. The Bertz CT molecular complexity index is 584. The topological polar surface area (TPSA) is 93.2 Å². The molecular weight excluding hydrogens is 286 g/mol. The van der Waals surface area contributed by atoms with Crippen molar-refractivity contribution in [3.05, 3.63) is 42.0 Å². The maximum atomic E-state index is 12.7. The van der Waals surface area contributed by atoms with E-state index in [2.05, 4.69) is 20.4 Å². The summed E-state index contributed by atoms with van der Waals surface area (Å²) in [6.07, 6.45) is 6.28. The summed E-state index contributed by atoms with van der Waals surface area (Å²) in [6.45, 7) is 1.42. The van der Waals surface area contributed by atoms with Crippen LogP contribution in [-0.2, 0) is 16.2 Å². The normalized spacial score (nSPS) is 15.6. The molecule has 0 spiro atoms. The van der Waals surface area contributed by atoms with Crippen LogP contribution in [0.1, 0.15) is 28.9 Å². The molecule has 1 N–H and O–H groups in total. The average molecular weight is 303 g/mol. The largest absolute Gasteiger partial charge is 0.381 e. The molecule has 3 heterocycles. The van der Waals surface area contributed by atoms with Gasteiger partial charge in [-0.2, -0.15) is 0 Å². The highest BCUT2D eigenvalue weighted by Gasteiger charge is 2.28. The van der Waals surface area contributed by atoms with Crippen molar-refractivity contribution in [2.75, 3.05) is 13.2 Å². The van der Waals surface area contributed by atoms with E-state index in [1.807, 2.05) is 0 Å². The van der Waals surface area contributed by atoms with E-state index in [0.717, 1.165) is 12.8 Å². The van der Waals surface area contributed by atoms with Gasteiger partial charge in [0.05, 0.1) is 11.6 Å². The van der Waals surface area contributed by atoms with Crippen molar-refractivity contribution in [3.63, 3.8) is 0 Å². The highest BCUT2D eigenvalue weighted by atomic mass is 16.7. The number of hydrogen-bond donors (Lipinski definition) is 1. The van der Waals surface area contributed by atoms with Crippen molar-refractivity contribution in [1.82, 2.24) is 25.5 Å². The van der Waals surface area contributed by atoms with Crippen LogP contribution in [0.25, 0.3) is 0 Å². The first kappa shape index (κ1) is 14.6. The summed E-state index contributed by atoms with van der Waals surface area (Å²) in [5, 5.41) is 11.5. The van der Waals surface area contributed by atoms with E-state index in [-0.39, 0.29) is 18.6 Å². The highest BCUT2D eigenvalue weighted by Crippen LogP contribution is 2.18. The number of pyridine rings is 1. The smallest absolute Gasteiger partial charge is 0.279 e. The van der Waals surface area contributed by atoms with Gasteiger partial charge in [0.2, 0.25) is 0 Å². The Morgan fingerprint density at radius 1 is 1.45 bits per heavy atom. The van der Waals surface area contributed by atoms with Crippen LogP contribution in [0.15, 0.2) is 30.7 Å². The lowest BCUT2D eigenvalue weighted by Crippen LogP contribution is -2.43. The number of nitrogens with one attached hydrogen (secondary N) is 1. The molecule has 0 saturated carbocycles. The molecule has 0 unspecified atom stereocenters. The van der Waals surface area contributed by atoms with E-state index in [4.69, 9.17) is 9.57 Å². The summed E-state index contributed by atoms with van der Waals surface area (Å²) in [5.74, 6) is -0.205. The zero-order valence-electron chi connectivity index (χ0n) is 12.0. The molecule has 8 heteroatoms. The number of aromatic nitrogens is 4. The van der Waals surface area contributed by atoms with E-state index in [1.165, 1.54) is 11.3 Å². The van der Waals surface area contributed by atoms with Gasteiger partial charge in [-0.25, -0.2) is 5.06 Å². The molecular formula is C14H17N5O3. The molecule has 0 radical (unpaired) electrons. The van der Waals surface area contributed by atoms with Gasteiger partial charge in [-0.1, -0.05) is 5.21 Å². The minimum atomic E-state index is -0.205. The Kier molecular flexibility index (Phi) is 4.71. The lowest BCUT2D eigenvalue weighted by Gasteiger charge is -2.32. The number of H-pyrrole nitrogens is 1. The number of hydrogen-bond acceptors (Lipinski definition) is 6. The number of hydroxylamine groups is 2. The summed E-state index contributed by atoms with van der Waals surface area (Å²) < 4.78 is 5.35. The van der Waals surface area contributed by atoms with E-state index in [1.54, 1.807) is 24.5 Å². The van der Waals surface area contributed by atoms with Crippen LogP contribution >= 0.6 is 0 Å². The molecule has 1 amide bonds. The Morgan fingerprint density at radius 2 is 2.32 bits per heavy atom. The maximum Gasteiger partial charge on any atom is 0.279 e. The predicted octanol–water partition coefficient (Wildman–Crippen LogP) is 0.953. The van der Waals surface area contributed by atoms with Crippen LogP contribution in [0.3, 0.4) is 0 Å². The van der Waals surface area contributed by atoms with E-state index in [0.29, 0.717) is 24.5 Å². The molecule has 3 rings (SSSR count). The van der Waals surface area contributed by atoms with Crippen LogP contribution < -0.4 is 0 Å². The first-order valence-electron chi connectivity index (χ1n) is 7.14. The summed E-state index contributed by atoms with van der Waals surface area (Å²) in [7, 11) is 0. The number of amides is 1. The Hall–Kier alpha value is -2.32. The number of carbonyl (C=O) groups excluding carboxylic acids is 1. The number of rotatable bonds is 5. The number of ether oxygens (including phenoxy) is 1. The second-order valence-electron chi connectivity index (χ2n) is 4.95. The Morgan fingerprint density at radius 3 is 3.00 bits per heavy atom. The van der Waals surface area contributed by atoms with Gasteiger partial charge in [-0.3, -0.25) is 19.7 Å². The monoisotopic (exact) mass is 303 g/mol. The fourth-order valence-electron chi connectivity index (χ4n) is 2.30. The second kappa shape index (κ2) is 7.10. The molecule has 0 bridgehead atoms. The second-order valence-corrected chi connectivity index (χ2v) is 4.95. The fraction of sp³-hybridized carbons (Fsp3) is 0.429. The van der Waals surface area contributed by atoms with Gasteiger partial charge < -0.3 is 4.74 Å². The predicted molar refractivity (Wildman–Crippen MR) is 75.4 cm³/mol. The molecule has 0 atom stereocenters. The summed E-state index contributed by atoms with van der Waals surface area (Å²) >= 11 is 0. The molecule has 2 aromatic rings. The van der Waals surface area contributed by atoms with Gasteiger partial charge in [-0.05, 0) is 25.0 Å². The van der Waals surface area contributed by atoms with Crippen LogP contribution in [0.5, 0.6) is 0 Å². The van der Waals surface area contributed by atoms with Crippen LogP contribution in [0.2, 0.25) is 0 Å². The SMILES string of the molecule is O=C(c1cccnc1)N(OCc1c[nH]nn1)C1CCOCC1. The van der Waals surface area contributed by atoms with Gasteiger partial charge in [0, 0.05) is 31.8 Å². The fourth-order valence-corrected chi connectivity index (χ4v) is 2.30. The van der Waals surface area contributed by atoms with E-state index in [9.17, 15) is 4.79 Å². The molecule has 1 saturated heterocycles. The summed E-state index contributed by atoms with van der Waals surface area (Å²) in [4.78, 5) is 22.4. The van der Waals surface area contributed by atoms with Gasteiger partial charge in [0.1, 0.15) is 12.3 Å². The Balaban J connectivity index is 1.74. The Labute approximate surface area is 127 Å². The van der Waals surface area contributed by atoms with Crippen molar-refractivity contribution in [3.8, 4) is 0 Å². The minimum absolute atomic E-state index is 0.0200. The van der Waals surface area contributed by atoms with Crippen molar-refractivity contribution in [2.45, 2.75) is 25.5 Å². The number of nitrogens with zero attached hydrogens (tertiary/aromatic N) is 4. The molecule has 1 aliphatic heterocycles. The van der Waals surface area contributed by atoms with Crippen molar-refractivity contribution in [1.29, 1.82) is 0 Å². The zero-order chi connectivity index (χ0) is 15.2. The molecule has 8 nitrogen and oxygen atoms in total. The molecule has 2 aromatic heterocycles. The third kappa shape index (κ3) is 3.46. The van der Waals surface area contributed by atoms with Crippen LogP contribution in [0, 0.1) is 0 Å². The average Bonchev–Trinajstić information content (AvgIpc) is 3.10.